The van der Waals surface area contributed by atoms with Crippen molar-refractivity contribution < 1.29 is 22.1 Å². The van der Waals surface area contributed by atoms with E-state index in [1.54, 1.807) is 24.3 Å². The van der Waals surface area contributed by atoms with Crippen molar-refractivity contribution in [3.63, 3.8) is 0 Å². The van der Waals surface area contributed by atoms with Crippen molar-refractivity contribution >= 4 is 43.7 Å². The van der Waals surface area contributed by atoms with Crippen LogP contribution in [0.4, 0.5) is 0 Å². The molecule has 0 fully saturated rings. The van der Waals surface area contributed by atoms with Crippen LogP contribution < -0.4 is 10.2 Å². The minimum atomic E-state index is -4.64. The van der Waals surface area contributed by atoms with Gasteiger partial charge in [-0.1, -0.05) is 30.7 Å². The zero-order valence-electron chi connectivity index (χ0n) is 12.6. The van der Waals surface area contributed by atoms with Crippen molar-refractivity contribution in [2.45, 2.75) is 18.2 Å². The van der Waals surface area contributed by atoms with Crippen LogP contribution in [-0.4, -0.2) is 19.6 Å². The van der Waals surface area contributed by atoms with Gasteiger partial charge in [-0.05, 0) is 18.6 Å². The highest BCUT2D eigenvalue weighted by molar-refractivity contribution is 7.86. The minimum absolute atomic E-state index is 0.0340. The third kappa shape index (κ3) is 2.75. The monoisotopic (exact) mass is 368 g/mol. The smallest absolute Gasteiger partial charge is 0.296 e. The molecule has 0 amide bonds. The zero-order chi connectivity index (χ0) is 17.5. The third-order valence-electron chi connectivity index (χ3n) is 3.46. The number of benzene rings is 2. The van der Waals surface area contributed by atoms with Gasteiger partial charge in [0.2, 0.25) is 5.43 Å². The largest absolute Gasteiger partial charge is 0.490 e. The molecule has 0 saturated carbocycles. The van der Waals surface area contributed by atoms with Crippen LogP contribution in [0.5, 0.6) is 5.75 Å². The Kier molecular flexibility index (Phi) is 4.25. The molecule has 0 aliphatic carbocycles. The Balaban J connectivity index is 2.52. The Morgan fingerprint density at radius 3 is 2.67 bits per heavy atom. The van der Waals surface area contributed by atoms with Gasteiger partial charge in [-0.3, -0.25) is 9.35 Å². The van der Waals surface area contributed by atoms with Gasteiger partial charge in [0, 0.05) is 6.07 Å². The van der Waals surface area contributed by atoms with E-state index in [2.05, 4.69) is 0 Å². The summed E-state index contributed by atoms with van der Waals surface area (Å²) >= 11 is 6.08. The number of fused-ring (bicyclic) bond motifs is 2. The molecule has 2 aromatic carbocycles. The van der Waals surface area contributed by atoms with Gasteiger partial charge in [0.15, 0.2) is 11.3 Å². The molecule has 8 heteroatoms. The van der Waals surface area contributed by atoms with Gasteiger partial charge in [-0.15, -0.1) is 0 Å². The van der Waals surface area contributed by atoms with E-state index in [1.807, 2.05) is 6.92 Å². The van der Waals surface area contributed by atoms with Crippen molar-refractivity contribution in [1.82, 2.24) is 0 Å². The lowest BCUT2D eigenvalue weighted by atomic mass is 10.1. The van der Waals surface area contributed by atoms with Crippen LogP contribution >= 0.6 is 11.6 Å². The number of ether oxygens (including phenoxy) is 1. The first-order valence-corrected chi connectivity index (χ1v) is 8.94. The predicted octanol–water partition coefficient (Wildman–Crippen LogP) is 3.64. The second-order valence-electron chi connectivity index (χ2n) is 5.14. The molecule has 24 heavy (non-hydrogen) atoms. The lowest BCUT2D eigenvalue weighted by molar-refractivity contribution is 0.315. The fourth-order valence-corrected chi connectivity index (χ4v) is 3.50. The van der Waals surface area contributed by atoms with Gasteiger partial charge in [0.05, 0.1) is 22.4 Å². The van der Waals surface area contributed by atoms with E-state index in [9.17, 15) is 17.8 Å². The molecule has 126 valence electrons. The average molecular weight is 369 g/mol. The highest BCUT2D eigenvalue weighted by atomic mass is 35.5. The molecule has 0 saturated heterocycles. The summed E-state index contributed by atoms with van der Waals surface area (Å²) in [6.07, 6.45) is 0.656. The SMILES string of the molecule is CCCOc1cc(S(=O)(=O)O)c(Cl)c2c(=O)c3ccccc3oc12. The molecule has 0 radical (unpaired) electrons. The topological polar surface area (TPSA) is 93.8 Å². The van der Waals surface area contributed by atoms with Crippen molar-refractivity contribution in [2.75, 3.05) is 6.61 Å². The molecule has 3 rings (SSSR count). The van der Waals surface area contributed by atoms with Crippen LogP contribution in [0.2, 0.25) is 5.02 Å². The van der Waals surface area contributed by atoms with E-state index in [4.69, 9.17) is 20.8 Å². The molecule has 0 aliphatic rings. The number of para-hydroxylation sites is 1. The van der Waals surface area contributed by atoms with Crippen LogP contribution in [0.1, 0.15) is 13.3 Å². The Labute approximate surface area is 142 Å². The number of halogens is 1. The van der Waals surface area contributed by atoms with Crippen LogP contribution in [0.25, 0.3) is 21.9 Å². The van der Waals surface area contributed by atoms with E-state index in [-0.39, 0.29) is 28.7 Å². The van der Waals surface area contributed by atoms with E-state index in [0.29, 0.717) is 12.0 Å². The fourth-order valence-electron chi connectivity index (χ4n) is 2.39. The molecular formula is C16H13ClO6S. The van der Waals surface area contributed by atoms with Gasteiger partial charge in [0.25, 0.3) is 10.1 Å². The first-order chi connectivity index (χ1) is 11.3. The van der Waals surface area contributed by atoms with Gasteiger partial charge >= 0.3 is 0 Å². The molecule has 6 nitrogen and oxygen atoms in total. The summed E-state index contributed by atoms with van der Waals surface area (Å²) in [4.78, 5) is 12.1. The summed E-state index contributed by atoms with van der Waals surface area (Å²) in [5, 5.41) is -0.284. The van der Waals surface area contributed by atoms with Crippen molar-refractivity contribution in [2.24, 2.45) is 0 Å². The molecular weight excluding hydrogens is 356 g/mol. The van der Waals surface area contributed by atoms with Crippen LogP contribution in [-0.2, 0) is 10.1 Å². The number of hydrogen-bond acceptors (Lipinski definition) is 5. The third-order valence-corrected chi connectivity index (χ3v) is 4.84. The second-order valence-corrected chi connectivity index (χ2v) is 6.91. The van der Waals surface area contributed by atoms with Crippen LogP contribution in [0.15, 0.2) is 44.4 Å². The average Bonchev–Trinajstić information content (AvgIpc) is 2.53. The fraction of sp³-hybridized carbons (Fsp3) is 0.188. The molecule has 0 aliphatic heterocycles. The summed E-state index contributed by atoms with van der Waals surface area (Å²) < 4.78 is 43.8. The Hall–Kier alpha value is -2.09. The summed E-state index contributed by atoms with van der Waals surface area (Å²) in [6.45, 7) is 2.14. The number of hydrogen-bond donors (Lipinski definition) is 1. The molecule has 1 aromatic heterocycles. The molecule has 3 aromatic rings. The Morgan fingerprint density at radius 2 is 2.00 bits per heavy atom. The lowest BCUT2D eigenvalue weighted by Gasteiger charge is -2.12. The van der Waals surface area contributed by atoms with Crippen LogP contribution in [0, 0.1) is 0 Å². The normalized spacial score (nSPS) is 12.0. The molecule has 0 spiro atoms. The molecule has 1 heterocycles. The lowest BCUT2D eigenvalue weighted by Crippen LogP contribution is -2.08. The van der Waals surface area contributed by atoms with Crippen LogP contribution in [0.3, 0.4) is 0 Å². The molecule has 0 unspecified atom stereocenters. The Morgan fingerprint density at radius 1 is 1.29 bits per heavy atom. The molecule has 0 atom stereocenters. The van der Waals surface area contributed by atoms with E-state index >= 15 is 0 Å². The summed E-state index contributed by atoms with van der Waals surface area (Å²) in [5.74, 6) is 0.0340. The maximum Gasteiger partial charge on any atom is 0.296 e. The van der Waals surface area contributed by atoms with E-state index < -0.39 is 25.5 Å². The number of rotatable bonds is 4. The Bertz CT molecular complexity index is 1100. The van der Waals surface area contributed by atoms with Gasteiger partial charge in [-0.2, -0.15) is 8.42 Å². The highest BCUT2D eigenvalue weighted by Crippen LogP contribution is 2.37. The minimum Gasteiger partial charge on any atom is -0.490 e. The predicted molar refractivity (Wildman–Crippen MR) is 90.6 cm³/mol. The standard InChI is InChI=1S/C16H13ClO6S/c1-2-7-22-11-8-12(24(19,20)21)14(17)13-15(18)9-5-3-4-6-10(9)23-16(11)13/h3-6,8H,2,7H2,1H3,(H,19,20,21). The van der Waals surface area contributed by atoms with Gasteiger partial charge in [-0.25, -0.2) is 0 Å². The first-order valence-electron chi connectivity index (χ1n) is 7.13. The highest BCUT2D eigenvalue weighted by Gasteiger charge is 2.24. The van der Waals surface area contributed by atoms with E-state index in [0.717, 1.165) is 6.07 Å². The summed E-state index contributed by atoms with van der Waals surface area (Å²) in [7, 11) is -4.64. The van der Waals surface area contributed by atoms with Gasteiger partial charge in [0.1, 0.15) is 10.5 Å². The zero-order valence-corrected chi connectivity index (χ0v) is 14.1. The maximum atomic E-state index is 12.7. The van der Waals surface area contributed by atoms with Crippen molar-refractivity contribution in [3.05, 3.63) is 45.6 Å². The van der Waals surface area contributed by atoms with Gasteiger partial charge < -0.3 is 9.15 Å². The summed E-state index contributed by atoms with van der Waals surface area (Å²) in [6, 6.07) is 7.58. The first kappa shape index (κ1) is 16.8. The summed E-state index contributed by atoms with van der Waals surface area (Å²) in [5.41, 5.74) is -0.125. The second kappa shape index (κ2) is 6.08. The van der Waals surface area contributed by atoms with Crippen molar-refractivity contribution in [3.8, 4) is 5.75 Å². The molecule has 1 N–H and O–H groups in total. The quantitative estimate of drug-likeness (QED) is 0.558. The maximum absolute atomic E-state index is 12.7. The van der Waals surface area contributed by atoms with Crippen molar-refractivity contribution in [1.29, 1.82) is 0 Å². The molecule has 0 bridgehead atoms. The van der Waals surface area contributed by atoms with E-state index in [1.165, 1.54) is 0 Å².